The summed E-state index contributed by atoms with van der Waals surface area (Å²) in [6, 6.07) is 11.0. The molecule has 1 fully saturated rings. The highest BCUT2D eigenvalue weighted by atomic mass is 16.5. The number of hydrogen-bond donors (Lipinski definition) is 0. The van der Waals surface area contributed by atoms with Crippen molar-refractivity contribution in [2.75, 3.05) is 39.5 Å². The molecule has 2 aromatic rings. The van der Waals surface area contributed by atoms with Crippen LogP contribution in [0, 0.1) is 5.92 Å². The Balaban J connectivity index is 1.54. The number of fused-ring (bicyclic) bond motifs is 4. The van der Waals surface area contributed by atoms with Crippen molar-refractivity contribution in [1.82, 2.24) is 9.80 Å². The van der Waals surface area contributed by atoms with Crippen LogP contribution in [0.5, 0.6) is 11.5 Å². The van der Waals surface area contributed by atoms with Crippen molar-refractivity contribution in [2.45, 2.75) is 52.0 Å². The first-order chi connectivity index (χ1) is 18.5. The second-order valence-electron chi connectivity index (χ2n) is 9.97. The van der Waals surface area contributed by atoms with Crippen LogP contribution in [0.4, 0.5) is 0 Å². The summed E-state index contributed by atoms with van der Waals surface area (Å²) < 4.78 is 17.0. The first-order valence-corrected chi connectivity index (χ1v) is 13.8. The zero-order valence-electron chi connectivity index (χ0n) is 22.4. The molecule has 5 rings (SSSR count). The van der Waals surface area contributed by atoms with E-state index in [0.717, 1.165) is 16.7 Å². The van der Waals surface area contributed by atoms with Crippen molar-refractivity contribution in [3.05, 3.63) is 58.7 Å². The summed E-state index contributed by atoms with van der Waals surface area (Å²) in [6.45, 7) is 8.53. The summed E-state index contributed by atoms with van der Waals surface area (Å²) >= 11 is 0. The molecule has 38 heavy (non-hydrogen) atoms. The lowest BCUT2D eigenvalue weighted by atomic mass is 9.75. The van der Waals surface area contributed by atoms with Gasteiger partial charge in [0.25, 0.3) is 5.91 Å². The largest absolute Gasteiger partial charge is 0.490 e. The molecule has 2 aromatic carbocycles. The molecular weight excluding hydrogens is 484 g/mol. The molecule has 2 atom stereocenters. The Labute approximate surface area is 223 Å². The van der Waals surface area contributed by atoms with Gasteiger partial charge < -0.3 is 24.0 Å². The Bertz CT molecular complexity index is 1220. The van der Waals surface area contributed by atoms with Gasteiger partial charge in [-0.05, 0) is 74.9 Å². The van der Waals surface area contributed by atoms with Crippen molar-refractivity contribution < 1.29 is 28.6 Å². The van der Waals surface area contributed by atoms with E-state index in [1.54, 1.807) is 6.92 Å². The number of ether oxygens (including phenoxy) is 3. The summed E-state index contributed by atoms with van der Waals surface area (Å²) in [5, 5.41) is 0. The second-order valence-corrected chi connectivity index (χ2v) is 9.97. The summed E-state index contributed by atoms with van der Waals surface area (Å²) in [5.41, 5.74) is 3.36. The number of benzene rings is 2. The van der Waals surface area contributed by atoms with Gasteiger partial charge in [0.05, 0.1) is 37.7 Å². The predicted molar refractivity (Wildman–Crippen MR) is 141 cm³/mol. The molecule has 0 aliphatic carbocycles. The third kappa shape index (κ3) is 4.61. The van der Waals surface area contributed by atoms with Gasteiger partial charge in [0.1, 0.15) is 0 Å². The van der Waals surface area contributed by atoms with Crippen molar-refractivity contribution in [2.24, 2.45) is 5.92 Å². The van der Waals surface area contributed by atoms with Crippen LogP contribution in [0.15, 0.2) is 36.4 Å². The molecule has 3 heterocycles. The van der Waals surface area contributed by atoms with E-state index in [1.165, 1.54) is 0 Å². The first-order valence-electron chi connectivity index (χ1n) is 13.8. The average Bonchev–Trinajstić information content (AvgIpc) is 2.94. The van der Waals surface area contributed by atoms with Gasteiger partial charge in [-0.3, -0.25) is 14.4 Å². The smallest absolute Gasteiger partial charge is 0.309 e. The minimum absolute atomic E-state index is 0.0121. The van der Waals surface area contributed by atoms with E-state index in [0.29, 0.717) is 75.8 Å². The lowest BCUT2D eigenvalue weighted by Gasteiger charge is -2.47. The van der Waals surface area contributed by atoms with Crippen LogP contribution in [-0.2, 0) is 20.7 Å². The minimum Gasteiger partial charge on any atom is -0.490 e. The number of amides is 2. The fourth-order valence-electron chi connectivity index (χ4n) is 6.13. The molecule has 0 unspecified atom stereocenters. The molecule has 3 aliphatic heterocycles. The van der Waals surface area contributed by atoms with E-state index in [-0.39, 0.29) is 23.7 Å². The number of hydrogen-bond acceptors (Lipinski definition) is 6. The molecule has 0 spiro atoms. The molecular formula is C30H36N2O6. The van der Waals surface area contributed by atoms with Crippen molar-refractivity contribution in [3.8, 4) is 11.5 Å². The Hall–Kier alpha value is -3.55. The SMILES string of the molecule is CCOC(=O)C1CCN(C(=O)[C@H]2c3ccccc3C(=O)N3CCc4cc(OCC)c(OCC)cc4[C@@H]23)CC1. The first kappa shape index (κ1) is 26.1. The van der Waals surface area contributed by atoms with E-state index < -0.39 is 12.0 Å². The minimum atomic E-state index is -0.547. The second kappa shape index (κ2) is 11.1. The molecule has 0 N–H and O–H groups in total. The van der Waals surface area contributed by atoms with Crippen LogP contribution in [-0.4, -0.2) is 67.0 Å². The number of nitrogens with zero attached hydrogens (tertiary/aromatic N) is 2. The maximum absolute atomic E-state index is 14.3. The quantitative estimate of drug-likeness (QED) is 0.511. The fraction of sp³-hybridized carbons (Fsp3) is 0.500. The third-order valence-electron chi connectivity index (χ3n) is 7.88. The van der Waals surface area contributed by atoms with E-state index >= 15 is 0 Å². The van der Waals surface area contributed by atoms with Crippen LogP contribution in [0.2, 0.25) is 0 Å². The Kier molecular flexibility index (Phi) is 7.58. The molecule has 0 aromatic heterocycles. The van der Waals surface area contributed by atoms with E-state index in [4.69, 9.17) is 14.2 Å². The van der Waals surface area contributed by atoms with Crippen LogP contribution in [0.25, 0.3) is 0 Å². The van der Waals surface area contributed by atoms with Gasteiger partial charge in [-0.1, -0.05) is 18.2 Å². The van der Waals surface area contributed by atoms with Crippen LogP contribution in [0.1, 0.15) is 72.6 Å². The van der Waals surface area contributed by atoms with Gasteiger partial charge in [-0.25, -0.2) is 0 Å². The van der Waals surface area contributed by atoms with Gasteiger partial charge in [-0.15, -0.1) is 0 Å². The number of likely N-dealkylation sites (tertiary alicyclic amines) is 1. The maximum Gasteiger partial charge on any atom is 0.309 e. The normalized spacial score (nSPS) is 20.8. The number of piperidine rings is 1. The Morgan fingerprint density at radius 2 is 1.58 bits per heavy atom. The van der Waals surface area contributed by atoms with E-state index in [2.05, 4.69) is 0 Å². The van der Waals surface area contributed by atoms with Gasteiger partial charge in [-0.2, -0.15) is 0 Å². The van der Waals surface area contributed by atoms with E-state index in [9.17, 15) is 14.4 Å². The van der Waals surface area contributed by atoms with Crippen LogP contribution in [0.3, 0.4) is 0 Å². The van der Waals surface area contributed by atoms with Crippen LogP contribution >= 0.6 is 0 Å². The summed E-state index contributed by atoms with van der Waals surface area (Å²) in [7, 11) is 0. The highest BCUT2D eigenvalue weighted by molar-refractivity contribution is 6.01. The summed E-state index contributed by atoms with van der Waals surface area (Å²) in [5.74, 6) is 0.339. The fourth-order valence-corrected chi connectivity index (χ4v) is 6.13. The standard InChI is InChI=1S/C30H36N2O6/c1-4-36-24-17-20-13-16-32-27(23(20)18-25(24)37-5-2)26(21-9-7-8-10-22(21)28(32)33)29(34)31-14-11-19(12-15-31)30(35)38-6-3/h7-10,17-19,26-27H,4-6,11-16H2,1-3H3/t26-,27-/m0/s1. The highest BCUT2D eigenvalue weighted by Crippen LogP contribution is 2.49. The average molecular weight is 521 g/mol. The summed E-state index contributed by atoms with van der Waals surface area (Å²) in [4.78, 5) is 43.9. The monoisotopic (exact) mass is 520 g/mol. The van der Waals surface area contributed by atoms with Gasteiger partial charge >= 0.3 is 5.97 Å². The lowest BCUT2D eigenvalue weighted by molar-refractivity contribution is -0.151. The highest BCUT2D eigenvalue weighted by Gasteiger charge is 2.48. The molecule has 0 saturated carbocycles. The predicted octanol–water partition coefficient (Wildman–Crippen LogP) is 4.12. The third-order valence-corrected chi connectivity index (χ3v) is 7.88. The van der Waals surface area contributed by atoms with Gasteiger partial charge in [0, 0.05) is 25.2 Å². The van der Waals surface area contributed by atoms with Gasteiger partial charge in [0.15, 0.2) is 11.5 Å². The van der Waals surface area contributed by atoms with Crippen molar-refractivity contribution in [1.29, 1.82) is 0 Å². The number of carbonyl (C=O) groups excluding carboxylic acids is 3. The molecule has 8 nitrogen and oxygen atoms in total. The molecule has 8 heteroatoms. The molecule has 0 radical (unpaired) electrons. The van der Waals surface area contributed by atoms with E-state index in [1.807, 2.05) is 60.0 Å². The lowest BCUT2D eigenvalue weighted by Crippen LogP contribution is -2.52. The Morgan fingerprint density at radius 3 is 2.26 bits per heavy atom. The number of rotatable bonds is 7. The zero-order chi connectivity index (χ0) is 26.8. The molecule has 1 saturated heterocycles. The maximum atomic E-state index is 14.3. The molecule has 202 valence electrons. The Morgan fingerprint density at radius 1 is 0.895 bits per heavy atom. The molecule has 3 aliphatic rings. The molecule has 0 bridgehead atoms. The topological polar surface area (TPSA) is 85.4 Å². The van der Waals surface area contributed by atoms with Gasteiger partial charge in [0.2, 0.25) is 5.91 Å². The summed E-state index contributed by atoms with van der Waals surface area (Å²) in [6.07, 6.45) is 1.84. The van der Waals surface area contributed by atoms with Crippen molar-refractivity contribution >= 4 is 17.8 Å². The number of carbonyl (C=O) groups is 3. The molecule has 2 amide bonds. The zero-order valence-corrected chi connectivity index (χ0v) is 22.4. The van der Waals surface area contributed by atoms with Crippen LogP contribution < -0.4 is 9.47 Å². The number of esters is 1. The van der Waals surface area contributed by atoms with Crippen molar-refractivity contribution in [3.63, 3.8) is 0 Å².